The zero-order valence-electron chi connectivity index (χ0n) is 10.1. The second kappa shape index (κ2) is 5.67. The number of para-hydroxylation sites is 1. The Kier molecular flexibility index (Phi) is 3.97. The summed E-state index contributed by atoms with van der Waals surface area (Å²) in [5.74, 6) is 0.747. The Morgan fingerprint density at radius 3 is 2.06 bits per heavy atom. The van der Waals surface area contributed by atoms with E-state index in [1.165, 1.54) is 0 Å². The summed E-state index contributed by atoms with van der Waals surface area (Å²) in [5, 5.41) is 9.51. The average molecular weight is 243 g/mol. The van der Waals surface area contributed by atoms with Crippen molar-refractivity contribution in [1.29, 1.82) is 0 Å². The van der Waals surface area contributed by atoms with Gasteiger partial charge in [0.15, 0.2) is 0 Å². The highest BCUT2D eigenvalue weighted by Gasteiger charge is 2.27. The maximum atomic E-state index is 9.51. The molecule has 3 N–H and O–H groups in total. The van der Waals surface area contributed by atoms with Crippen LogP contribution in [-0.2, 0) is 5.54 Å². The minimum absolute atomic E-state index is 0.163. The van der Waals surface area contributed by atoms with Gasteiger partial charge in [0, 0.05) is 0 Å². The predicted octanol–water partition coefficient (Wildman–Crippen LogP) is 1.91. The third kappa shape index (κ3) is 2.88. The van der Waals surface area contributed by atoms with Gasteiger partial charge in [-0.2, -0.15) is 0 Å². The van der Waals surface area contributed by atoms with Gasteiger partial charge >= 0.3 is 0 Å². The lowest BCUT2D eigenvalue weighted by molar-refractivity contribution is 0.133. The predicted molar refractivity (Wildman–Crippen MR) is 71.3 cm³/mol. The van der Waals surface area contributed by atoms with Gasteiger partial charge in [-0.15, -0.1) is 0 Å². The molecular weight excluding hydrogens is 226 g/mol. The molecule has 0 fully saturated rings. The summed E-state index contributed by atoms with van der Waals surface area (Å²) in [4.78, 5) is 0. The fraction of sp³-hybridized carbons (Fsp3) is 0.200. The van der Waals surface area contributed by atoms with Crippen LogP contribution in [0.3, 0.4) is 0 Å². The van der Waals surface area contributed by atoms with Crippen molar-refractivity contribution in [2.24, 2.45) is 5.73 Å². The van der Waals surface area contributed by atoms with E-state index in [-0.39, 0.29) is 13.2 Å². The van der Waals surface area contributed by atoms with Crippen molar-refractivity contribution < 1.29 is 9.84 Å². The maximum absolute atomic E-state index is 9.51. The Labute approximate surface area is 107 Å². The summed E-state index contributed by atoms with van der Waals surface area (Å²) < 4.78 is 5.63. The van der Waals surface area contributed by atoms with E-state index in [0.29, 0.717) is 0 Å². The van der Waals surface area contributed by atoms with Crippen molar-refractivity contribution in [2.45, 2.75) is 5.54 Å². The molecule has 0 heterocycles. The van der Waals surface area contributed by atoms with Crippen LogP contribution in [0.2, 0.25) is 0 Å². The number of hydrogen-bond donors (Lipinski definition) is 2. The van der Waals surface area contributed by atoms with Gasteiger partial charge in [0.05, 0.1) is 12.1 Å². The van der Waals surface area contributed by atoms with Crippen LogP contribution in [0.5, 0.6) is 5.75 Å². The second-order valence-corrected chi connectivity index (χ2v) is 4.28. The maximum Gasteiger partial charge on any atom is 0.119 e. The molecule has 0 saturated carbocycles. The molecule has 0 radical (unpaired) electrons. The van der Waals surface area contributed by atoms with Crippen molar-refractivity contribution in [2.75, 3.05) is 13.2 Å². The molecule has 0 saturated heterocycles. The fourth-order valence-corrected chi connectivity index (χ4v) is 1.72. The standard InChI is InChI=1S/C15H17NO2/c16-15(11-17,13-7-3-1-4-8-13)12-18-14-9-5-2-6-10-14/h1-10,17H,11-12,16H2. The molecule has 2 rings (SSSR count). The minimum Gasteiger partial charge on any atom is -0.491 e. The van der Waals surface area contributed by atoms with E-state index < -0.39 is 5.54 Å². The lowest BCUT2D eigenvalue weighted by Crippen LogP contribution is -2.46. The summed E-state index contributed by atoms with van der Waals surface area (Å²) in [7, 11) is 0. The van der Waals surface area contributed by atoms with E-state index >= 15 is 0 Å². The first kappa shape index (κ1) is 12.6. The number of aliphatic hydroxyl groups excluding tert-OH is 1. The summed E-state index contributed by atoms with van der Waals surface area (Å²) in [6.45, 7) is 0.0708. The monoisotopic (exact) mass is 243 g/mol. The first-order valence-electron chi connectivity index (χ1n) is 5.88. The smallest absolute Gasteiger partial charge is 0.119 e. The SMILES string of the molecule is NC(CO)(COc1ccccc1)c1ccccc1. The highest BCUT2D eigenvalue weighted by Crippen LogP contribution is 2.19. The fourth-order valence-electron chi connectivity index (χ4n) is 1.72. The van der Waals surface area contributed by atoms with Crippen LogP contribution in [0.1, 0.15) is 5.56 Å². The van der Waals surface area contributed by atoms with E-state index in [2.05, 4.69) is 0 Å². The van der Waals surface area contributed by atoms with Gasteiger partial charge in [-0.1, -0.05) is 48.5 Å². The molecule has 3 nitrogen and oxygen atoms in total. The Bertz CT molecular complexity index is 472. The first-order chi connectivity index (χ1) is 8.74. The van der Waals surface area contributed by atoms with Crippen LogP contribution in [-0.4, -0.2) is 18.3 Å². The average Bonchev–Trinajstić information content (AvgIpc) is 2.47. The molecule has 1 atom stereocenters. The quantitative estimate of drug-likeness (QED) is 0.843. The lowest BCUT2D eigenvalue weighted by atomic mass is 9.93. The molecule has 94 valence electrons. The molecular formula is C15H17NO2. The summed E-state index contributed by atoms with van der Waals surface area (Å²) in [6.07, 6.45) is 0. The third-order valence-corrected chi connectivity index (χ3v) is 2.87. The van der Waals surface area contributed by atoms with E-state index in [9.17, 15) is 5.11 Å². The van der Waals surface area contributed by atoms with Crippen LogP contribution in [0.25, 0.3) is 0 Å². The van der Waals surface area contributed by atoms with E-state index in [1.54, 1.807) is 0 Å². The lowest BCUT2D eigenvalue weighted by Gasteiger charge is -2.27. The topological polar surface area (TPSA) is 55.5 Å². The molecule has 0 spiro atoms. The number of aliphatic hydroxyl groups is 1. The summed E-state index contributed by atoms with van der Waals surface area (Å²) in [5.41, 5.74) is 6.18. The Morgan fingerprint density at radius 1 is 0.944 bits per heavy atom. The Balaban J connectivity index is 2.10. The number of nitrogens with two attached hydrogens (primary N) is 1. The van der Waals surface area contributed by atoms with Crippen LogP contribution in [0.4, 0.5) is 0 Å². The largest absolute Gasteiger partial charge is 0.491 e. The van der Waals surface area contributed by atoms with Crippen molar-refractivity contribution in [3.8, 4) is 5.75 Å². The van der Waals surface area contributed by atoms with Gasteiger partial charge < -0.3 is 15.6 Å². The van der Waals surface area contributed by atoms with Gasteiger partial charge in [-0.25, -0.2) is 0 Å². The highest BCUT2D eigenvalue weighted by atomic mass is 16.5. The van der Waals surface area contributed by atoms with Crippen LogP contribution in [0.15, 0.2) is 60.7 Å². The molecule has 0 aliphatic rings. The highest BCUT2D eigenvalue weighted by molar-refractivity contribution is 5.26. The number of rotatable bonds is 5. The number of hydrogen-bond acceptors (Lipinski definition) is 3. The molecule has 1 unspecified atom stereocenters. The molecule has 3 heteroatoms. The van der Waals surface area contributed by atoms with Gasteiger partial charge in [0.25, 0.3) is 0 Å². The molecule has 2 aromatic carbocycles. The van der Waals surface area contributed by atoms with Gasteiger partial charge in [-0.3, -0.25) is 0 Å². The van der Waals surface area contributed by atoms with Crippen LogP contribution in [0, 0.1) is 0 Å². The number of benzene rings is 2. The van der Waals surface area contributed by atoms with E-state index in [0.717, 1.165) is 11.3 Å². The molecule has 0 aliphatic heterocycles. The van der Waals surface area contributed by atoms with Crippen molar-refractivity contribution in [3.05, 3.63) is 66.2 Å². The summed E-state index contributed by atoms with van der Waals surface area (Å²) in [6, 6.07) is 18.9. The molecule has 0 amide bonds. The minimum atomic E-state index is -0.878. The zero-order valence-corrected chi connectivity index (χ0v) is 10.1. The molecule has 18 heavy (non-hydrogen) atoms. The van der Waals surface area contributed by atoms with Gasteiger partial charge in [0.1, 0.15) is 12.4 Å². The van der Waals surface area contributed by atoms with Crippen molar-refractivity contribution in [3.63, 3.8) is 0 Å². The molecule has 2 aromatic rings. The van der Waals surface area contributed by atoms with E-state index in [1.807, 2.05) is 60.7 Å². The molecule has 0 bridgehead atoms. The normalized spacial score (nSPS) is 13.9. The third-order valence-electron chi connectivity index (χ3n) is 2.87. The first-order valence-corrected chi connectivity index (χ1v) is 5.88. The molecule has 0 aromatic heterocycles. The van der Waals surface area contributed by atoms with Crippen LogP contribution >= 0.6 is 0 Å². The second-order valence-electron chi connectivity index (χ2n) is 4.28. The zero-order chi connectivity index (χ0) is 12.8. The van der Waals surface area contributed by atoms with Gasteiger partial charge in [-0.05, 0) is 17.7 Å². The van der Waals surface area contributed by atoms with E-state index in [4.69, 9.17) is 10.5 Å². The summed E-state index contributed by atoms with van der Waals surface area (Å²) >= 11 is 0. The van der Waals surface area contributed by atoms with Gasteiger partial charge in [0.2, 0.25) is 0 Å². The van der Waals surface area contributed by atoms with Crippen molar-refractivity contribution >= 4 is 0 Å². The number of ether oxygens (including phenoxy) is 1. The Hall–Kier alpha value is -1.84. The van der Waals surface area contributed by atoms with Crippen molar-refractivity contribution in [1.82, 2.24) is 0 Å². The Morgan fingerprint density at radius 2 is 1.50 bits per heavy atom. The van der Waals surface area contributed by atoms with Crippen LogP contribution < -0.4 is 10.5 Å². The molecule has 0 aliphatic carbocycles.